The Bertz CT molecular complexity index is 1160. The fourth-order valence-corrected chi connectivity index (χ4v) is 3.83. The second-order valence-corrected chi connectivity index (χ2v) is 7.52. The lowest BCUT2D eigenvalue weighted by Gasteiger charge is -2.11. The van der Waals surface area contributed by atoms with E-state index in [-0.39, 0.29) is 11.5 Å². The van der Waals surface area contributed by atoms with Crippen LogP contribution in [-0.2, 0) is 6.54 Å². The summed E-state index contributed by atoms with van der Waals surface area (Å²) in [6, 6.07) is 21.5. The minimum absolute atomic E-state index is 0.107. The quantitative estimate of drug-likeness (QED) is 0.302. The van der Waals surface area contributed by atoms with E-state index in [1.165, 1.54) is 42.1 Å². The van der Waals surface area contributed by atoms with Gasteiger partial charge in [0.15, 0.2) is 16.8 Å². The Morgan fingerprint density at radius 1 is 0.867 bits per heavy atom. The molecule has 0 N–H and O–H groups in total. The summed E-state index contributed by atoms with van der Waals surface area (Å²) < 4.78 is 29.3. The van der Waals surface area contributed by atoms with Crippen LogP contribution in [0.25, 0.3) is 11.4 Å². The maximum absolute atomic E-state index is 14.4. The van der Waals surface area contributed by atoms with Crippen molar-refractivity contribution in [2.75, 3.05) is 5.75 Å². The number of hydrogen-bond acceptors (Lipinski definition) is 4. The minimum Gasteiger partial charge on any atom is -0.297 e. The summed E-state index contributed by atoms with van der Waals surface area (Å²) in [5, 5.41) is 8.91. The van der Waals surface area contributed by atoms with Crippen LogP contribution in [0.3, 0.4) is 0 Å². The van der Waals surface area contributed by atoms with Gasteiger partial charge in [0, 0.05) is 5.56 Å². The summed E-state index contributed by atoms with van der Waals surface area (Å²) in [5.74, 6) is -0.430. The zero-order valence-corrected chi connectivity index (χ0v) is 16.7. The predicted octanol–water partition coefficient (Wildman–Crippen LogP) is 5.25. The zero-order valence-electron chi connectivity index (χ0n) is 15.8. The van der Waals surface area contributed by atoms with Gasteiger partial charge in [0.1, 0.15) is 11.6 Å². The second kappa shape index (κ2) is 9.00. The van der Waals surface area contributed by atoms with E-state index in [4.69, 9.17) is 0 Å². The van der Waals surface area contributed by atoms with Crippen LogP contribution in [0.5, 0.6) is 0 Å². The van der Waals surface area contributed by atoms with Crippen molar-refractivity contribution in [1.29, 1.82) is 0 Å². The molecule has 0 fully saturated rings. The first kappa shape index (κ1) is 20.0. The fraction of sp³-hybridized carbons (Fsp3) is 0.0870. The monoisotopic (exact) mass is 421 g/mol. The standard InChI is InChI=1S/C23H17F2N3OS/c24-18-12-10-17(11-13-18)21(29)15-30-23-27-26-22(19-8-4-5-9-20(19)25)28(23)14-16-6-2-1-3-7-16/h1-13H,14-15H2. The van der Waals surface area contributed by atoms with Gasteiger partial charge in [-0.25, -0.2) is 8.78 Å². The first-order chi connectivity index (χ1) is 14.6. The molecule has 0 aliphatic heterocycles. The molecule has 1 heterocycles. The first-order valence-electron chi connectivity index (χ1n) is 9.25. The maximum Gasteiger partial charge on any atom is 0.192 e. The Labute approximate surface area is 176 Å². The van der Waals surface area contributed by atoms with E-state index in [0.29, 0.717) is 28.7 Å². The van der Waals surface area contributed by atoms with Crippen molar-refractivity contribution in [3.63, 3.8) is 0 Å². The number of carbonyl (C=O) groups excluding carboxylic acids is 1. The van der Waals surface area contributed by atoms with Crippen LogP contribution in [0.2, 0.25) is 0 Å². The Kier molecular flexibility index (Phi) is 5.99. The molecule has 0 saturated carbocycles. The molecule has 0 spiro atoms. The Morgan fingerprint density at radius 2 is 1.57 bits per heavy atom. The van der Waals surface area contributed by atoms with Crippen molar-refractivity contribution in [2.45, 2.75) is 11.7 Å². The van der Waals surface area contributed by atoms with Gasteiger partial charge in [-0.15, -0.1) is 10.2 Å². The number of hydrogen-bond donors (Lipinski definition) is 0. The predicted molar refractivity (Wildman–Crippen MR) is 112 cm³/mol. The van der Waals surface area contributed by atoms with Crippen molar-refractivity contribution >= 4 is 17.5 Å². The fourth-order valence-electron chi connectivity index (χ4n) is 3.00. The highest BCUT2D eigenvalue weighted by atomic mass is 32.2. The number of nitrogens with zero attached hydrogens (tertiary/aromatic N) is 3. The van der Waals surface area contributed by atoms with Gasteiger partial charge in [-0.3, -0.25) is 9.36 Å². The highest BCUT2D eigenvalue weighted by molar-refractivity contribution is 7.99. The van der Waals surface area contributed by atoms with E-state index in [0.717, 1.165) is 5.56 Å². The number of aromatic nitrogens is 3. The third kappa shape index (κ3) is 4.46. The van der Waals surface area contributed by atoms with E-state index < -0.39 is 11.6 Å². The molecule has 0 radical (unpaired) electrons. The Morgan fingerprint density at radius 3 is 2.30 bits per heavy atom. The van der Waals surface area contributed by atoms with Crippen molar-refractivity contribution in [3.05, 3.63) is 102 Å². The topological polar surface area (TPSA) is 47.8 Å². The molecule has 0 saturated heterocycles. The third-order valence-electron chi connectivity index (χ3n) is 4.51. The number of Topliss-reactive ketones (excluding diaryl/α,β-unsaturated/α-hetero) is 1. The van der Waals surface area contributed by atoms with Gasteiger partial charge < -0.3 is 0 Å². The number of ketones is 1. The lowest BCUT2D eigenvalue weighted by Crippen LogP contribution is -2.07. The maximum atomic E-state index is 14.4. The Hall–Kier alpha value is -3.32. The molecule has 4 nitrogen and oxygen atoms in total. The van der Waals surface area contributed by atoms with Gasteiger partial charge >= 0.3 is 0 Å². The van der Waals surface area contributed by atoms with Crippen LogP contribution < -0.4 is 0 Å². The summed E-state index contributed by atoms with van der Waals surface area (Å²) >= 11 is 1.22. The molecule has 0 unspecified atom stereocenters. The number of benzene rings is 3. The lowest BCUT2D eigenvalue weighted by molar-refractivity contribution is 0.102. The van der Waals surface area contributed by atoms with Gasteiger partial charge in [0.05, 0.1) is 17.9 Å². The molecule has 0 amide bonds. The SMILES string of the molecule is O=C(CSc1nnc(-c2ccccc2F)n1Cc1ccccc1)c1ccc(F)cc1. The van der Waals surface area contributed by atoms with E-state index in [2.05, 4.69) is 10.2 Å². The second-order valence-electron chi connectivity index (χ2n) is 6.58. The minimum atomic E-state index is -0.392. The van der Waals surface area contributed by atoms with Gasteiger partial charge in [-0.05, 0) is 42.0 Å². The van der Waals surface area contributed by atoms with Crippen LogP contribution in [0.15, 0.2) is 84.0 Å². The molecular formula is C23H17F2N3OS. The first-order valence-corrected chi connectivity index (χ1v) is 10.2. The molecule has 150 valence electrons. The molecule has 30 heavy (non-hydrogen) atoms. The normalized spacial score (nSPS) is 10.9. The third-order valence-corrected chi connectivity index (χ3v) is 5.48. The van der Waals surface area contributed by atoms with Gasteiger partial charge in [-0.1, -0.05) is 54.2 Å². The number of halogens is 2. The molecule has 4 aromatic rings. The molecule has 0 aliphatic carbocycles. The number of thioether (sulfide) groups is 1. The van der Waals surface area contributed by atoms with E-state index >= 15 is 0 Å². The average molecular weight is 421 g/mol. The highest BCUT2D eigenvalue weighted by Gasteiger charge is 2.18. The van der Waals surface area contributed by atoms with E-state index in [1.54, 1.807) is 22.8 Å². The van der Waals surface area contributed by atoms with Gasteiger partial charge in [-0.2, -0.15) is 0 Å². The summed E-state index contributed by atoms with van der Waals surface area (Å²) in [5.41, 5.74) is 1.77. The van der Waals surface area contributed by atoms with Crippen LogP contribution in [0.1, 0.15) is 15.9 Å². The molecule has 7 heteroatoms. The largest absolute Gasteiger partial charge is 0.297 e. The molecule has 0 bridgehead atoms. The van der Waals surface area contributed by atoms with Gasteiger partial charge in [0.25, 0.3) is 0 Å². The van der Waals surface area contributed by atoms with Crippen molar-refractivity contribution in [2.24, 2.45) is 0 Å². The lowest BCUT2D eigenvalue weighted by atomic mass is 10.1. The van der Waals surface area contributed by atoms with E-state index in [9.17, 15) is 13.6 Å². The van der Waals surface area contributed by atoms with Crippen molar-refractivity contribution in [3.8, 4) is 11.4 Å². The Balaban J connectivity index is 1.63. The van der Waals surface area contributed by atoms with Gasteiger partial charge in [0.2, 0.25) is 0 Å². The molecule has 3 aromatic carbocycles. The van der Waals surface area contributed by atoms with Crippen LogP contribution in [-0.4, -0.2) is 26.3 Å². The van der Waals surface area contributed by atoms with Crippen molar-refractivity contribution in [1.82, 2.24) is 14.8 Å². The molecule has 1 aromatic heterocycles. The number of rotatable bonds is 7. The smallest absolute Gasteiger partial charge is 0.192 e. The summed E-state index contributed by atoms with van der Waals surface area (Å²) in [7, 11) is 0. The molecule has 0 atom stereocenters. The van der Waals surface area contributed by atoms with Crippen molar-refractivity contribution < 1.29 is 13.6 Å². The average Bonchev–Trinajstić information content (AvgIpc) is 3.15. The highest BCUT2D eigenvalue weighted by Crippen LogP contribution is 2.27. The number of carbonyl (C=O) groups is 1. The molecular weight excluding hydrogens is 404 g/mol. The summed E-state index contributed by atoms with van der Waals surface area (Å²) in [6.07, 6.45) is 0. The molecule has 4 rings (SSSR count). The van der Waals surface area contributed by atoms with Crippen LogP contribution in [0, 0.1) is 11.6 Å². The van der Waals surface area contributed by atoms with Crippen LogP contribution in [0.4, 0.5) is 8.78 Å². The molecule has 0 aliphatic rings. The summed E-state index contributed by atoms with van der Waals surface area (Å²) in [4.78, 5) is 12.5. The van der Waals surface area contributed by atoms with E-state index in [1.807, 2.05) is 30.3 Å². The zero-order chi connectivity index (χ0) is 20.9. The summed E-state index contributed by atoms with van der Waals surface area (Å²) in [6.45, 7) is 0.435. The van der Waals surface area contributed by atoms with Crippen LogP contribution >= 0.6 is 11.8 Å².